The molecule has 3 aromatic rings. The molecule has 0 saturated heterocycles. The Morgan fingerprint density at radius 2 is 1.57 bits per heavy atom. The summed E-state index contributed by atoms with van der Waals surface area (Å²) in [4.78, 5) is 24.1. The fourth-order valence-corrected chi connectivity index (χ4v) is 2.49. The molecule has 0 bridgehead atoms. The van der Waals surface area contributed by atoms with Crippen LogP contribution < -0.4 is 10.4 Å². The molecule has 0 fully saturated rings. The molecule has 0 aromatic heterocycles. The van der Waals surface area contributed by atoms with Crippen molar-refractivity contribution in [3.63, 3.8) is 0 Å². The Morgan fingerprint density at radius 1 is 0.913 bits per heavy atom. The monoisotopic (exact) mass is 306 g/mol. The van der Waals surface area contributed by atoms with E-state index in [0.29, 0.717) is 16.5 Å². The molecule has 5 heteroatoms. The van der Waals surface area contributed by atoms with E-state index in [0.717, 1.165) is 0 Å². The van der Waals surface area contributed by atoms with Gasteiger partial charge in [0, 0.05) is 5.69 Å². The number of fused-ring (bicyclic) bond motifs is 1. The molecule has 0 saturated carbocycles. The van der Waals surface area contributed by atoms with Gasteiger partial charge in [-0.25, -0.2) is 4.79 Å². The Kier molecular flexibility index (Phi) is 3.68. The molecular formula is C18H12NO4-. The lowest BCUT2D eigenvalue weighted by Crippen LogP contribution is -2.18. The number of benzene rings is 3. The predicted molar refractivity (Wildman–Crippen MR) is 84.7 cm³/mol. The normalized spacial score (nSPS) is 10.4. The van der Waals surface area contributed by atoms with Gasteiger partial charge in [0.2, 0.25) is 0 Å². The van der Waals surface area contributed by atoms with Crippen molar-refractivity contribution in [1.29, 1.82) is 0 Å². The summed E-state index contributed by atoms with van der Waals surface area (Å²) in [7, 11) is 0. The fourth-order valence-electron chi connectivity index (χ4n) is 2.49. The van der Waals surface area contributed by atoms with E-state index < -0.39 is 23.2 Å². The minimum Gasteiger partial charge on any atom is -0.872 e. The van der Waals surface area contributed by atoms with Crippen molar-refractivity contribution < 1.29 is 19.8 Å². The van der Waals surface area contributed by atoms with Crippen molar-refractivity contribution in [2.24, 2.45) is 0 Å². The Balaban J connectivity index is 2.19. The molecule has 0 spiro atoms. The standard InChI is InChI=1S/C18H13NO4/c20-14-10-11-6-4-5-9-13(11)15(16(14)18(22)23)17(21)19-12-7-2-1-3-8-12/h1-10,20H,(H,19,21)(H,22,23)/p-1. The molecule has 0 aliphatic carbocycles. The average molecular weight is 306 g/mol. The van der Waals surface area contributed by atoms with Crippen LogP contribution in [-0.2, 0) is 0 Å². The third-order valence-electron chi connectivity index (χ3n) is 3.49. The molecule has 2 N–H and O–H groups in total. The highest BCUT2D eigenvalue weighted by atomic mass is 16.4. The summed E-state index contributed by atoms with van der Waals surface area (Å²) in [6, 6.07) is 16.6. The van der Waals surface area contributed by atoms with Crippen molar-refractivity contribution in [3.8, 4) is 5.75 Å². The van der Waals surface area contributed by atoms with Gasteiger partial charge >= 0.3 is 5.97 Å². The zero-order valence-corrected chi connectivity index (χ0v) is 11.9. The number of carboxylic acid groups (broad SMARTS) is 1. The summed E-state index contributed by atoms with van der Waals surface area (Å²) in [6.45, 7) is 0. The van der Waals surface area contributed by atoms with Gasteiger partial charge in [0.15, 0.2) is 0 Å². The number of nitrogens with one attached hydrogen (secondary N) is 1. The van der Waals surface area contributed by atoms with Crippen molar-refractivity contribution >= 4 is 28.3 Å². The second kappa shape index (κ2) is 5.81. The smallest absolute Gasteiger partial charge is 0.335 e. The second-order valence-corrected chi connectivity index (χ2v) is 4.97. The number of hydrogen-bond donors (Lipinski definition) is 2. The van der Waals surface area contributed by atoms with Crippen LogP contribution in [0, 0.1) is 0 Å². The van der Waals surface area contributed by atoms with Gasteiger partial charge in [-0.3, -0.25) is 4.79 Å². The third-order valence-corrected chi connectivity index (χ3v) is 3.49. The Morgan fingerprint density at radius 3 is 2.26 bits per heavy atom. The molecule has 0 aliphatic rings. The van der Waals surface area contributed by atoms with Crippen molar-refractivity contribution in [1.82, 2.24) is 0 Å². The molecule has 0 atom stereocenters. The molecule has 3 rings (SSSR count). The van der Waals surface area contributed by atoms with E-state index in [1.54, 1.807) is 54.6 Å². The van der Waals surface area contributed by atoms with Crippen LogP contribution >= 0.6 is 0 Å². The van der Waals surface area contributed by atoms with Gasteiger partial charge in [-0.2, -0.15) is 0 Å². The van der Waals surface area contributed by atoms with E-state index >= 15 is 0 Å². The first-order chi connectivity index (χ1) is 11.1. The second-order valence-electron chi connectivity index (χ2n) is 4.97. The molecule has 0 radical (unpaired) electrons. The largest absolute Gasteiger partial charge is 0.872 e. The highest BCUT2D eigenvalue weighted by molar-refractivity contribution is 6.19. The molecule has 5 nitrogen and oxygen atoms in total. The maximum absolute atomic E-state index is 12.6. The Bertz CT molecular complexity index is 904. The van der Waals surface area contributed by atoms with Gasteiger partial charge in [0.25, 0.3) is 5.91 Å². The lowest BCUT2D eigenvalue weighted by Gasteiger charge is -2.17. The summed E-state index contributed by atoms with van der Waals surface area (Å²) in [5.41, 5.74) is -0.115. The number of amides is 1. The van der Waals surface area contributed by atoms with Crippen LogP contribution in [0.2, 0.25) is 0 Å². The van der Waals surface area contributed by atoms with Gasteiger partial charge < -0.3 is 15.5 Å². The number of carboxylic acids is 1. The van der Waals surface area contributed by atoms with Crippen LogP contribution in [0.4, 0.5) is 5.69 Å². The number of hydrogen-bond acceptors (Lipinski definition) is 3. The first-order valence-corrected chi connectivity index (χ1v) is 6.90. The van der Waals surface area contributed by atoms with Crippen LogP contribution in [-0.4, -0.2) is 17.0 Å². The van der Waals surface area contributed by atoms with Crippen LogP contribution in [0.15, 0.2) is 60.7 Å². The first kappa shape index (κ1) is 14.6. The maximum atomic E-state index is 12.6. The predicted octanol–water partition coefficient (Wildman–Crippen LogP) is 2.86. The quantitative estimate of drug-likeness (QED) is 0.778. The highest BCUT2D eigenvalue weighted by Gasteiger charge is 2.21. The van der Waals surface area contributed by atoms with Gasteiger partial charge in [-0.05, 0) is 22.9 Å². The van der Waals surface area contributed by atoms with Gasteiger partial charge in [0.05, 0.1) is 11.1 Å². The molecule has 3 aromatic carbocycles. The summed E-state index contributed by atoms with van der Waals surface area (Å²) < 4.78 is 0. The molecule has 1 amide bonds. The van der Waals surface area contributed by atoms with Crippen LogP contribution in [0.3, 0.4) is 0 Å². The fraction of sp³-hybridized carbons (Fsp3) is 0. The zero-order valence-electron chi connectivity index (χ0n) is 11.9. The first-order valence-electron chi connectivity index (χ1n) is 6.90. The van der Waals surface area contributed by atoms with E-state index in [4.69, 9.17) is 0 Å². The SMILES string of the molecule is O=C(O)c1c([O-])cc2ccccc2c1C(=O)Nc1ccccc1. The van der Waals surface area contributed by atoms with E-state index in [-0.39, 0.29) is 5.56 Å². The lowest BCUT2D eigenvalue weighted by atomic mass is 9.97. The average Bonchev–Trinajstić information content (AvgIpc) is 2.54. The number of aromatic carboxylic acids is 1. The highest BCUT2D eigenvalue weighted by Crippen LogP contribution is 2.29. The molecule has 0 aliphatic heterocycles. The summed E-state index contributed by atoms with van der Waals surface area (Å²) in [6.07, 6.45) is 0. The molecule has 114 valence electrons. The van der Waals surface area contributed by atoms with Gasteiger partial charge in [0.1, 0.15) is 0 Å². The van der Waals surface area contributed by atoms with E-state index in [1.807, 2.05) is 0 Å². The van der Waals surface area contributed by atoms with Gasteiger partial charge in [-0.1, -0.05) is 54.3 Å². The third kappa shape index (κ3) is 2.72. The van der Waals surface area contributed by atoms with Crippen LogP contribution in [0.25, 0.3) is 10.8 Å². The Hall–Kier alpha value is -3.34. The number of carbonyl (C=O) groups is 2. The molecule has 23 heavy (non-hydrogen) atoms. The van der Waals surface area contributed by atoms with E-state index in [1.165, 1.54) is 6.07 Å². The summed E-state index contributed by atoms with van der Waals surface area (Å²) >= 11 is 0. The van der Waals surface area contributed by atoms with Crippen molar-refractivity contribution in [2.75, 3.05) is 5.32 Å². The van der Waals surface area contributed by atoms with Crippen LogP contribution in [0.5, 0.6) is 5.75 Å². The number of para-hydroxylation sites is 1. The summed E-state index contributed by atoms with van der Waals surface area (Å²) in [5, 5.41) is 25.0. The minimum absolute atomic E-state index is 0.121. The zero-order chi connectivity index (χ0) is 16.4. The number of carbonyl (C=O) groups excluding carboxylic acids is 1. The lowest BCUT2D eigenvalue weighted by molar-refractivity contribution is -0.268. The maximum Gasteiger partial charge on any atom is 0.335 e. The topological polar surface area (TPSA) is 89.5 Å². The minimum atomic E-state index is -1.42. The van der Waals surface area contributed by atoms with Crippen molar-refractivity contribution in [3.05, 3.63) is 71.8 Å². The van der Waals surface area contributed by atoms with Gasteiger partial charge in [-0.15, -0.1) is 0 Å². The van der Waals surface area contributed by atoms with E-state index in [2.05, 4.69) is 5.32 Å². The number of rotatable bonds is 3. The Labute approximate surface area is 131 Å². The molecule has 0 unspecified atom stereocenters. The van der Waals surface area contributed by atoms with Crippen molar-refractivity contribution in [2.45, 2.75) is 0 Å². The molecule has 0 heterocycles. The number of anilines is 1. The molecular weight excluding hydrogens is 294 g/mol. The van der Waals surface area contributed by atoms with E-state index in [9.17, 15) is 19.8 Å². The van der Waals surface area contributed by atoms with Crippen LogP contribution in [0.1, 0.15) is 20.7 Å². The summed E-state index contributed by atoms with van der Waals surface area (Å²) in [5.74, 6) is -2.73.